The number of halogens is 2. The normalized spacial score (nSPS) is 12.7. The lowest BCUT2D eigenvalue weighted by Crippen LogP contribution is -2.14. The van der Waals surface area contributed by atoms with E-state index in [1.165, 1.54) is 0 Å². The second kappa shape index (κ2) is 6.16. The van der Waals surface area contributed by atoms with Gasteiger partial charge in [-0.25, -0.2) is 0 Å². The number of alkyl halides is 2. The summed E-state index contributed by atoms with van der Waals surface area (Å²) in [7, 11) is 0. The van der Waals surface area contributed by atoms with Crippen molar-refractivity contribution < 1.29 is 9.53 Å². The maximum absolute atomic E-state index is 10.7. The quantitative estimate of drug-likeness (QED) is 0.446. The highest BCUT2D eigenvalue weighted by atomic mass is 79.9. The van der Waals surface area contributed by atoms with Crippen LogP contribution in [-0.2, 0) is 9.53 Å². The van der Waals surface area contributed by atoms with Crippen molar-refractivity contribution >= 4 is 37.8 Å². The van der Waals surface area contributed by atoms with Crippen LogP contribution in [0.15, 0.2) is 0 Å². The number of esters is 1. The van der Waals surface area contributed by atoms with E-state index < -0.39 is 0 Å². The Hall–Kier alpha value is 0.430. The summed E-state index contributed by atoms with van der Waals surface area (Å²) < 4.78 is 4.83. The fourth-order valence-corrected chi connectivity index (χ4v) is 0.703. The van der Waals surface area contributed by atoms with E-state index in [-0.39, 0.29) is 10.8 Å². The van der Waals surface area contributed by atoms with Crippen molar-refractivity contribution in [2.75, 3.05) is 11.9 Å². The molecule has 0 N–H and O–H groups in total. The third-order valence-corrected chi connectivity index (χ3v) is 1.78. The van der Waals surface area contributed by atoms with Crippen molar-refractivity contribution in [3.63, 3.8) is 0 Å². The minimum atomic E-state index is -0.194. The molecule has 0 aliphatic rings. The van der Waals surface area contributed by atoms with Crippen LogP contribution in [0.3, 0.4) is 0 Å². The van der Waals surface area contributed by atoms with Crippen LogP contribution in [0.4, 0.5) is 0 Å². The van der Waals surface area contributed by atoms with Crippen molar-refractivity contribution in [1.82, 2.24) is 0 Å². The van der Waals surface area contributed by atoms with Crippen LogP contribution in [0.1, 0.15) is 13.3 Å². The van der Waals surface area contributed by atoms with E-state index >= 15 is 0 Å². The Morgan fingerprint density at radius 3 is 2.70 bits per heavy atom. The van der Waals surface area contributed by atoms with E-state index in [2.05, 4.69) is 31.9 Å². The predicted molar refractivity (Wildman–Crippen MR) is 47.8 cm³/mol. The summed E-state index contributed by atoms with van der Waals surface area (Å²) in [6.07, 6.45) is 0.867. The number of hydrogen-bond acceptors (Lipinski definition) is 2. The molecule has 4 heteroatoms. The summed E-state index contributed by atoms with van der Waals surface area (Å²) in [6.45, 7) is 2.25. The smallest absolute Gasteiger partial charge is 0.319 e. The van der Waals surface area contributed by atoms with Gasteiger partial charge in [0.15, 0.2) is 0 Å². The van der Waals surface area contributed by atoms with E-state index in [1.807, 2.05) is 0 Å². The van der Waals surface area contributed by atoms with Gasteiger partial charge in [-0.1, -0.05) is 31.9 Å². The zero-order chi connectivity index (χ0) is 7.98. The summed E-state index contributed by atoms with van der Waals surface area (Å²) >= 11 is 6.34. The molecule has 0 rings (SSSR count). The van der Waals surface area contributed by atoms with Crippen molar-refractivity contribution in [2.24, 2.45) is 0 Å². The van der Waals surface area contributed by atoms with Gasteiger partial charge in [0.2, 0.25) is 0 Å². The van der Waals surface area contributed by atoms with Gasteiger partial charge in [0, 0.05) is 5.33 Å². The third kappa shape index (κ3) is 5.23. The second-order valence-corrected chi connectivity index (χ2v) is 3.99. The molecular formula is C6H10Br2O2. The first-order valence-electron chi connectivity index (χ1n) is 3.05. The molecule has 0 amide bonds. The molecule has 0 aromatic rings. The van der Waals surface area contributed by atoms with E-state index in [4.69, 9.17) is 4.74 Å². The Bertz CT molecular complexity index is 104. The summed E-state index contributed by atoms with van der Waals surface area (Å²) in [5.74, 6) is -0.194. The lowest BCUT2D eigenvalue weighted by molar-refractivity contribution is -0.142. The summed E-state index contributed by atoms with van der Waals surface area (Å²) in [4.78, 5) is 10.5. The molecule has 0 bridgehead atoms. The Morgan fingerprint density at radius 1 is 1.70 bits per heavy atom. The molecule has 0 aliphatic carbocycles. The lowest BCUT2D eigenvalue weighted by Gasteiger charge is -2.03. The molecule has 1 unspecified atom stereocenters. The topological polar surface area (TPSA) is 26.3 Å². The molecule has 0 fully saturated rings. The molecule has 0 saturated heterocycles. The zero-order valence-electron chi connectivity index (χ0n) is 5.77. The standard InChI is InChI=1S/C6H10Br2O2/c1-5(8)6(9)10-4-2-3-7/h5H,2-4H2,1H3. The first kappa shape index (κ1) is 10.4. The monoisotopic (exact) mass is 272 g/mol. The zero-order valence-corrected chi connectivity index (χ0v) is 8.94. The maximum atomic E-state index is 10.7. The molecule has 0 radical (unpaired) electrons. The molecule has 10 heavy (non-hydrogen) atoms. The minimum Gasteiger partial charge on any atom is -0.465 e. The summed E-state index contributed by atoms with van der Waals surface area (Å²) in [5, 5.41) is 0.872. The van der Waals surface area contributed by atoms with Gasteiger partial charge in [0.1, 0.15) is 4.83 Å². The Labute approximate surface area is 77.6 Å². The van der Waals surface area contributed by atoms with Gasteiger partial charge >= 0.3 is 5.97 Å². The van der Waals surface area contributed by atoms with E-state index in [1.54, 1.807) is 6.92 Å². The van der Waals surface area contributed by atoms with Gasteiger partial charge in [-0.2, -0.15) is 0 Å². The number of hydrogen-bond donors (Lipinski definition) is 0. The highest BCUT2D eigenvalue weighted by Crippen LogP contribution is 2.00. The number of ether oxygens (including phenoxy) is 1. The van der Waals surface area contributed by atoms with Crippen molar-refractivity contribution in [3.8, 4) is 0 Å². The Kier molecular flexibility index (Phi) is 6.43. The number of carbonyl (C=O) groups is 1. The first-order valence-corrected chi connectivity index (χ1v) is 5.09. The second-order valence-electron chi connectivity index (χ2n) is 1.83. The summed E-state index contributed by atoms with van der Waals surface area (Å²) in [5.41, 5.74) is 0. The average molecular weight is 274 g/mol. The molecule has 1 atom stereocenters. The van der Waals surface area contributed by atoms with Crippen LogP contribution >= 0.6 is 31.9 Å². The Morgan fingerprint density at radius 2 is 2.30 bits per heavy atom. The van der Waals surface area contributed by atoms with Gasteiger partial charge in [-0.15, -0.1) is 0 Å². The van der Waals surface area contributed by atoms with Gasteiger partial charge in [-0.3, -0.25) is 4.79 Å². The van der Waals surface area contributed by atoms with Crippen LogP contribution < -0.4 is 0 Å². The Balaban J connectivity index is 3.22. The van der Waals surface area contributed by atoms with Crippen LogP contribution in [0.25, 0.3) is 0 Å². The summed E-state index contributed by atoms with van der Waals surface area (Å²) in [6, 6.07) is 0. The molecule has 0 aromatic heterocycles. The molecule has 0 saturated carbocycles. The van der Waals surface area contributed by atoms with Crippen molar-refractivity contribution in [3.05, 3.63) is 0 Å². The molecule has 0 aliphatic heterocycles. The van der Waals surface area contributed by atoms with Crippen molar-refractivity contribution in [1.29, 1.82) is 0 Å². The SMILES string of the molecule is CC(Br)C(=O)OCCCBr. The maximum Gasteiger partial charge on any atom is 0.319 e. The average Bonchev–Trinajstić information content (AvgIpc) is 1.88. The molecule has 0 spiro atoms. The van der Waals surface area contributed by atoms with Crippen LogP contribution in [0, 0.1) is 0 Å². The molecule has 60 valence electrons. The van der Waals surface area contributed by atoms with Gasteiger partial charge in [0.05, 0.1) is 6.61 Å². The molecular weight excluding hydrogens is 264 g/mol. The van der Waals surface area contributed by atoms with Crippen LogP contribution in [0.2, 0.25) is 0 Å². The predicted octanol–water partition coefficient (Wildman–Crippen LogP) is 2.10. The van der Waals surface area contributed by atoms with E-state index in [0.717, 1.165) is 11.8 Å². The van der Waals surface area contributed by atoms with Crippen LogP contribution in [-0.4, -0.2) is 22.7 Å². The molecule has 0 heterocycles. The van der Waals surface area contributed by atoms with Crippen LogP contribution in [0.5, 0.6) is 0 Å². The number of carbonyl (C=O) groups excluding carboxylic acids is 1. The minimum absolute atomic E-state index is 0.192. The lowest BCUT2D eigenvalue weighted by atomic mass is 10.5. The van der Waals surface area contributed by atoms with Gasteiger partial charge in [0.25, 0.3) is 0 Å². The highest BCUT2D eigenvalue weighted by Gasteiger charge is 2.08. The van der Waals surface area contributed by atoms with E-state index in [0.29, 0.717) is 6.61 Å². The first-order chi connectivity index (χ1) is 4.68. The van der Waals surface area contributed by atoms with Gasteiger partial charge in [-0.05, 0) is 13.3 Å². The fraction of sp³-hybridized carbons (Fsp3) is 0.833. The number of rotatable bonds is 4. The van der Waals surface area contributed by atoms with Crippen molar-refractivity contribution in [2.45, 2.75) is 18.2 Å². The molecule has 2 nitrogen and oxygen atoms in total. The van der Waals surface area contributed by atoms with E-state index in [9.17, 15) is 4.79 Å². The largest absolute Gasteiger partial charge is 0.465 e. The van der Waals surface area contributed by atoms with Gasteiger partial charge < -0.3 is 4.74 Å². The highest BCUT2D eigenvalue weighted by molar-refractivity contribution is 9.10. The molecule has 0 aromatic carbocycles. The third-order valence-electron chi connectivity index (χ3n) is 0.847. The fourth-order valence-electron chi connectivity index (χ4n) is 0.342.